The standard InChI is InChI=1S/C17H18N2O3/c1-21-10-8-18-17(20)15-11-16-14(7-9-22-16)19(15)12-13-5-3-2-4-6-13/h2-7,9,11H,8,10,12H2,1H3,(H,18,20). The zero-order valence-corrected chi connectivity index (χ0v) is 12.4. The predicted octanol–water partition coefficient (Wildman–Crippen LogP) is 2.66. The fraction of sp³-hybridized carbons (Fsp3) is 0.235. The maximum Gasteiger partial charge on any atom is 0.268 e. The number of methoxy groups -OCH3 is 1. The number of carbonyl (C=O) groups excluding carboxylic acids is 1. The first-order valence-corrected chi connectivity index (χ1v) is 7.17. The minimum atomic E-state index is -0.126. The Kier molecular flexibility index (Phi) is 4.25. The quantitative estimate of drug-likeness (QED) is 0.712. The molecule has 0 fully saturated rings. The zero-order valence-electron chi connectivity index (χ0n) is 12.4. The molecular formula is C17H18N2O3. The van der Waals surface area contributed by atoms with Crippen molar-refractivity contribution in [3.8, 4) is 0 Å². The van der Waals surface area contributed by atoms with E-state index in [2.05, 4.69) is 5.32 Å². The number of amides is 1. The molecule has 0 spiro atoms. The van der Waals surface area contributed by atoms with Gasteiger partial charge in [-0.1, -0.05) is 30.3 Å². The summed E-state index contributed by atoms with van der Waals surface area (Å²) >= 11 is 0. The third-order valence-electron chi connectivity index (χ3n) is 3.53. The van der Waals surface area contributed by atoms with E-state index in [1.54, 1.807) is 19.4 Å². The zero-order chi connectivity index (χ0) is 15.4. The Bertz CT molecular complexity index is 759. The fourth-order valence-electron chi connectivity index (χ4n) is 2.46. The topological polar surface area (TPSA) is 56.4 Å². The van der Waals surface area contributed by atoms with Crippen LogP contribution in [-0.4, -0.2) is 30.7 Å². The normalized spacial score (nSPS) is 11.0. The number of fused-ring (bicyclic) bond motifs is 1. The van der Waals surface area contributed by atoms with E-state index in [1.165, 1.54) is 0 Å². The lowest BCUT2D eigenvalue weighted by atomic mass is 10.2. The number of benzene rings is 1. The van der Waals surface area contributed by atoms with Crippen LogP contribution in [0, 0.1) is 0 Å². The molecule has 2 aromatic heterocycles. The van der Waals surface area contributed by atoms with Gasteiger partial charge in [0.2, 0.25) is 0 Å². The smallest absolute Gasteiger partial charge is 0.268 e. The second kappa shape index (κ2) is 6.49. The molecule has 3 aromatic rings. The van der Waals surface area contributed by atoms with Gasteiger partial charge in [-0.05, 0) is 5.56 Å². The molecule has 0 atom stereocenters. The summed E-state index contributed by atoms with van der Waals surface area (Å²) in [5.41, 5.74) is 3.36. The molecule has 3 rings (SSSR count). The van der Waals surface area contributed by atoms with Gasteiger partial charge in [-0.15, -0.1) is 0 Å². The summed E-state index contributed by atoms with van der Waals surface area (Å²) in [5.74, 6) is -0.126. The molecule has 0 radical (unpaired) electrons. The van der Waals surface area contributed by atoms with Crippen LogP contribution >= 0.6 is 0 Å². The Morgan fingerprint density at radius 3 is 2.86 bits per heavy atom. The van der Waals surface area contributed by atoms with E-state index in [4.69, 9.17) is 9.15 Å². The van der Waals surface area contributed by atoms with Gasteiger partial charge < -0.3 is 19.0 Å². The molecule has 0 unspecified atom stereocenters. The van der Waals surface area contributed by atoms with E-state index in [0.29, 0.717) is 31.0 Å². The number of furan rings is 1. The number of ether oxygens (including phenoxy) is 1. The van der Waals surface area contributed by atoms with E-state index in [9.17, 15) is 4.79 Å². The number of nitrogens with zero attached hydrogens (tertiary/aromatic N) is 1. The minimum Gasteiger partial charge on any atom is -0.463 e. The number of hydrogen-bond donors (Lipinski definition) is 1. The van der Waals surface area contributed by atoms with Crippen molar-refractivity contribution in [2.75, 3.05) is 20.3 Å². The molecule has 0 bridgehead atoms. The molecule has 0 saturated carbocycles. The second-order valence-corrected chi connectivity index (χ2v) is 5.02. The minimum absolute atomic E-state index is 0.126. The molecular weight excluding hydrogens is 280 g/mol. The molecule has 0 aliphatic rings. The van der Waals surface area contributed by atoms with Gasteiger partial charge >= 0.3 is 0 Å². The highest BCUT2D eigenvalue weighted by Gasteiger charge is 2.17. The van der Waals surface area contributed by atoms with Crippen molar-refractivity contribution in [2.24, 2.45) is 0 Å². The van der Waals surface area contributed by atoms with E-state index in [0.717, 1.165) is 11.1 Å². The summed E-state index contributed by atoms with van der Waals surface area (Å²) in [6.45, 7) is 1.59. The largest absolute Gasteiger partial charge is 0.463 e. The molecule has 1 N–H and O–H groups in total. The van der Waals surface area contributed by atoms with Crippen molar-refractivity contribution in [1.82, 2.24) is 9.88 Å². The molecule has 22 heavy (non-hydrogen) atoms. The first-order chi connectivity index (χ1) is 10.8. The van der Waals surface area contributed by atoms with Gasteiger partial charge in [-0.2, -0.15) is 0 Å². The van der Waals surface area contributed by atoms with Gasteiger partial charge in [0.15, 0.2) is 5.58 Å². The Morgan fingerprint density at radius 1 is 1.27 bits per heavy atom. The first-order valence-electron chi connectivity index (χ1n) is 7.17. The monoisotopic (exact) mass is 298 g/mol. The molecule has 2 heterocycles. The third kappa shape index (κ3) is 2.89. The van der Waals surface area contributed by atoms with E-state index < -0.39 is 0 Å². The van der Waals surface area contributed by atoms with Crippen LogP contribution in [0.2, 0.25) is 0 Å². The van der Waals surface area contributed by atoms with Gasteiger partial charge in [-0.3, -0.25) is 4.79 Å². The van der Waals surface area contributed by atoms with Crippen LogP contribution in [0.5, 0.6) is 0 Å². The van der Waals surface area contributed by atoms with Gasteiger partial charge in [0.05, 0.1) is 18.4 Å². The summed E-state index contributed by atoms with van der Waals surface area (Å²) < 4.78 is 12.4. The Balaban J connectivity index is 1.90. The molecule has 0 aliphatic heterocycles. The maximum atomic E-state index is 12.4. The first kappa shape index (κ1) is 14.4. The molecule has 1 amide bonds. The molecule has 114 valence electrons. The lowest BCUT2D eigenvalue weighted by Crippen LogP contribution is -2.29. The molecule has 0 saturated heterocycles. The Hall–Kier alpha value is -2.53. The molecule has 1 aromatic carbocycles. The number of carbonyl (C=O) groups is 1. The van der Waals surface area contributed by atoms with Crippen LogP contribution in [0.3, 0.4) is 0 Å². The van der Waals surface area contributed by atoms with Crippen LogP contribution in [0.25, 0.3) is 11.1 Å². The SMILES string of the molecule is COCCNC(=O)c1cc2occc2n1Cc1ccccc1. The molecule has 5 heteroatoms. The highest BCUT2D eigenvalue weighted by molar-refractivity contribution is 5.97. The van der Waals surface area contributed by atoms with Gasteiger partial charge in [0.1, 0.15) is 5.69 Å². The Labute approximate surface area is 128 Å². The highest BCUT2D eigenvalue weighted by atomic mass is 16.5. The average Bonchev–Trinajstić information content (AvgIpc) is 3.11. The second-order valence-electron chi connectivity index (χ2n) is 5.02. The van der Waals surface area contributed by atoms with Crippen molar-refractivity contribution in [3.63, 3.8) is 0 Å². The van der Waals surface area contributed by atoms with E-state index >= 15 is 0 Å². The highest BCUT2D eigenvalue weighted by Crippen LogP contribution is 2.22. The van der Waals surface area contributed by atoms with E-state index in [-0.39, 0.29) is 5.91 Å². The van der Waals surface area contributed by atoms with Gasteiger partial charge in [0, 0.05) is 32.3 Å². The van der Waals surface area contributed by atoms with Gasteiger partial charge in [0.25, 0.3) is 5.91 Å². The lowest BCUT2D eigenvalue weighted by molar-refractivity contribution is 0.0928. The predicted molar refractivity (Wildman–Crippen MR) is 84.0 cm³/mol. The van der Waals surface area contributed by atoms with Crippen molar-refractivity contribution in [3.05, 3.63) is 60.0 Å². The lowest BCUT2D eigenvalue weighted by Gasteiger charge is -2.10. The number of hydrogen-bond acceptors (Lipinski definition) is 3. The van der Waals surface area contributed by atoms with Crippen LogP contribution in [0.15, 0.2) is 53.1 Å². The summed E-state index contributed by atoms with van der Waals surface area (Å²) in [7, 11) is 1.61. The maximum absolute atomic E-state index is 12.4. The summed E-state index contributed by atoms with van der Waals surface area (Å²) in [6.07, 6.45) is 1.64. The van der Waals surface area contributed by atoms with Crippen LogP contribution < -0.4 is 5.32 Å². The van der Waals surface area contributed by atoms with Crippen LogP contribution in [0.1, 0.15) is 16.1 Å². The number of nitrogens with one attached hydrogen (secondary N) is 1. The van der Waals surface area contributed by atoms with Crippen molar-refractivity contribution in [2.45, 2.75) is 6.54 Å². The fourth-order valence-corrected chi connectivity index (χ4v) is 2.46. The van der Waals surface area contributed by atoms with Crippen LogP contribution in [-0.2, 0) is 11.3 Å². The number of rotatable bonds is 6. The third-order valence-corrected chi connectivity index (χ3v) is 3.53. The van der Waals surface area contributed by atoms with Crippen LogP contribution in [0.4, 0.5) is 0 Å². The number of aromatic nitrogens is 1. The summed E-state index contributed by atoms with van der Waals surface area (Å²) in [4.78, 5) is 12.4. The Morgan fingerprint density at radius 2 is 2.09 bits per heavy atom. The summed E-state index contributed by atoms with van der Waals surface area (Å²) in [5, 5.41) is 2.85. The van der Waals surface area contributed by atoms with Crippen molar-refractivity contribution < 1.29 is 13.9 Å². The van der Waals surface area contributed by atoms with Crippen molar-refractivity contribution >= 4 is 17.0 Å². The molecule has 5 nitrogen and oxygen atoms in total. The van der Waals surface area contributed by atoms with E-state index in [1.807, 2.05) is 41.0 Å². The average molecular weight is 298 g/mol. The van der Waals surface area contributed by atoms with Crippen molar-refractivity contribution in [1.29, 1.82) is 0 Å². The summed E-state index contributed by atoms with van der Waals surface area (Å²) in [6, 6.07) is 13.7. The van der Waals surface area contributed by atoms with Gasteiger partial charge in [-0.25, -0.2) is 0 Å². The molecule has 0 aliphatic carbocycles.